The summed E-state index contributed by atoms with van der Waals surface area (Å²) in [6.07, 6.45) is 2.52. The van der Waals surface area contributed by atoms with Crippen LogP contribution in [0.3, 0.4) is 0 Å². The number of ether oxygens (including phenoxy) is 2. The van der Waals surface area contributed by atoms with E-state index in [1.54, 1.807) is 18.2 Å². The van der Waals surface area contributed by atoms with Crippen molar-refractivity contribution in [1.82, 2.24) is 9.55 Å². The summed E-state index contributed by atoms with van der Waals surface area (Å²) in [6.45, 7) is -0.158. The molecule has 1 aromatic heterocycles. The minimum Gasteiger partial charge on any atom is -0.490 e. The molecule has 114 valence electrons. The molecule has 2 rings (SSSR count). The molecule has 7 heteroatoms. The number of para-hydroxylation sites is 1. The van der Waals surface area contributed by atoms with E-state index in [0.717, 1.165) is 10.1 Å². The van der Waals surface area contributed by atoms with Gasteiger partial charge < -0.3 is 15.2 Å². The summed E-state index contributed by atoms with van der Waals surface area (Å²) in [6, 6.07) is 5.36. The molecule has 5 nitrogen and oxygen atoms in total. The van der Waals surface area contributed by atoms with Crippen molar-refractivity contribution in [2.75, 3.05) is 6.61 Å². The molecule has 21 heavy (non-hydrogen) atoms. The maximum absolute atomic E-state index is 12.8. The van der Waals surface area contributed by atoms with Crippen LogP contribution in [0.5, 0.6) is 11.5 Å². The van der Waals surface area contributed by atoms with Gasteiger partial charge >= 0.3 is 6.55 Å². The molecule has 0 unspecified atom stereocenters. The molecular weight excluding hydrogens is 280 g/mol. The van der Waals surface area contributed by atoms with Gasteiger partial charge in [0.25, 0.3) is 0 Å². The van der Waals surface area contributed by atoms with E-state index in [9.17, 15) is 8.78 Å². The first-order chi connectivity index (χ1) is 10.2. The Balaban J connectivity index is 2.20. The largest absolute Gasteiger partial charge is 0.490 e. The summed E-state index contributed by atoms with van der Waals surface area (Å²) in [5, 5.41) is 0. The number of halogens is 2. The van der Waals surface area contributed by atoms with Crippen molar-refractivity contribution in [3.63, 3.8) is 0 Å². The molecule has 0 aliphatic rings. The molecular formula is C14H17F2N3O2. The molecule has 0 radical (unpaired) electrons. The zero-order chi connectivity index (χ0) is 15.2. The topological polar surface area (TPSA) is 62.3 Å². The molecule has 0 fully saturated rings. The number of hydrogen-bond donors (Lipinski definition) is 1. The third-order valence-electron chi connectivity index (χ3n) is 2.88. The van der Waals surface area contributed by atoms with Crippen LogP contribution in [0, 0.1) is 0 Å². The van der Waals surface area contributed by atoms with Crippen LogP contribution in [0.1, 0.15) is 24.9 Å². The fraction of sp³-hybridized carbons (Fsp3) is 0.357. The highest BCUT2D eigenvalue weighted by molar-refractivity contribution is 5.46. The lowest BCUT2D eigenvalue weighted by Gasteiger charge is -2.15. The third-order valence-corrected chi connectivity index (χ3v) is 2.88. The lowest BCUT2D eigenvalue weighted by Crippen LogP contribution is -2.10. The summed E-state index contributed by atoms with van der Waals surface area (Å²) >= 11 is 0. The lowest BCUT2D eigenvalue weighted by atomic mass is 10.2. The first-order valence-corrected chi connectivity index (χ1v) is 6.54. The summed E-state index contributed by atoms with van der Waals surface area (Å²) in [4.78, 5) is 3.87. The van der Waals surface area contributed by atoms with E-state index in [1.807, 2.05) is 6.92 Å². The minimum absolute atomic E-state index is 0.0889. The molecule has 2 N–H and O–H groups in total. The fourth-order valence-corrected chi connectivity index (χ4v) is 1.93. The van der Waals surface area contributed by atoms with Crippen molar-refractivity contribution in [3.05, 3.63) is 42.0 Å². The highest BCUT2D eigenvalue weighted by atomic mass is 19.3. The Bertz CT molecular complexity index is 587. The van der Waals surface area contributed by atoms with Gasteiger partial charge in [0.2, 0.25) is 0 Å². The smallest absolute Gasteiger partial charge is 0.320 e. The van der Waals surface area contributed by atoms with E-state index in [2.05, 4.69) is 4.98 Å². The van der Waals surface area contributed by atoms with Crippen molar-refractivity contribution in [3.8, 4) is 11.5 Å². The minimum atomic E-state index is -2.65. The zero-order valence-corrected chi connectivity index (χ0v) is 11.6. The number of imidazole rings is 1. The lowest BCUT2D eigenvalue weighted by molar-refractivity contribution is 0.0631. The Morgan fingerprint density at radius 1 is 1.33 bits per heavy atom. The van der Waals surface area contributed by atoms with Gasteiger partial charge in [0, 0.05) is 24.5 Å². The number of benzene rings is 1. The van der Waals surface area contributed by atoms with Crippen LogP contribution >= 0.6 is 0 Å². The second kappa shape index (κ2) is 7.03. The second-order valence-corrected chi connectivity index (χ2v) is 4.20. The van der Waals surface area contributed by atoms with E-state index in [4.69, 9.17) is 15.2 Å². The Morgan fingerprint density at radius 3 is 2.81 bits per heavy atom. The molecule has 0 aliphatic carbocycles. The number of alkyl halides is 2. The summed E-state index contributed by atoms with van der Waals surface area (Å²) < 4.78 is 37.4. The average Bonchev–Trinajstić information content (AvgIpc) is 2.94. The molecule has 0 saturated heterocycles. The molecule has 1 heterocycles. The number of nitrogens with zero attached hydrogens (tertiary/aromatic N) is 2. The van der Waals surface area contributed by atoms with Crippen molar-refractivity contribution in [2.45, 2.75) is 26.6 Å². The summed E-state index contributed by atoms with van der Waals surface area (Å²) in [5.41, 5.74) is 6.41. The highest BCUT2D eigenvalue weighted by Crippen LogP contribution is 2.32. The van der Waals surface area contributed by atoms with Gasteiger partial charge in [-0.1, -0.05) is 12.1 Å². The van der Waals surface area contributed by atoms with Crippen molar-refractivity contribution in [1.29, 1.82) is 0 Å². The van der Waals surface area contributed by atoms with Gasteiger partial charge in [0.05, 0.1) is 6.61 Å². The van der Waals surface area contributed by atoms with E-state index in [-0.39, 0.29) is 19.0 Å². The van der Waals surface area contributed by atoms with Gasteiger partial charge in [-0.3, -0.25) is 4.57 Å². The molecule has 0 saturated carbocycles. The van der Waals surface area contributed by atoms with Crippen molar-refractivity contribution in [2.24, 2.45) is 5.73 Å². The summed E-state index contributed by atoms with van der Waals surface area (Å²) in [5.74, 6) is 1.14. The Labute approximate surface area is 121 Å². The van der Waals surface area contributed by atoms with Gasteiger partial charge in [0.1, 0.15) is 6.61 Å². The quantitative estimate of drug-likeness (QED) is 0.853. The number of aromatic nitrogens is 2. The van der Waals surface area contributed by atoms with Crippen LogP contribution in [0.2, 0.25) is 0 Å². The van der Waals surface area contributed by atoms with Crippen LogP contribution in [-0.4, -0.2) is 16.2 Å². The van der Waals surface area contributed by atoms with E-state index in [0.29, 0.717) is 18.1 Å². The highest BCUT2D eigenvalue weighted by Gasteiger charge is 2.15. The van der Waals surface area contributed by atoms with E-state index in [1.165, 1.54) is 12.4 Å². The standard InChI is InChI=1S/C14H17F2N3O2/c1-2-20-11-5-3-4-10(8-17)13(11)21-9-12-18-6-7-19(12)14(15)16/h3-7,14H,2,8-9,17H2,1H3. The number of hydrogen-bond acceptors (Lipinski definition) is 4. The van der Waals surface area contributed by atoms with Crippen LogP contribution in [-0.2, 0) is 13.2 Å². The maximum Gasteiger partial charge on any atom is 0.320 e. The first-order valence-electron chi connectivity index (χ1n) is 6.54. The fourth-order valence-electron chi connectivity index (χ4n) is 1.93. The van der Waals surface area contributed by atoms with Gasteiger partial charge in [-0.25, -0.2) is 4.98 Å². The van der Waals surface area contributed by atoms with Crippen LogP contribution in [0.4, 0.5) is 8.78 Å². The Hall–Kier alpha value is -2.15. The van der Waals surface area contributed by atoms with Gasteiger partial charge in [-0.15, -0.1) is 0 Å². The third kappa shape index (κ3) is 3.49. The Kier molecular flexibility index (Phi) is 5.10. The van der Waals surface area contributed by atoms with E-state index < -0.39 is 6.55 Å². The Morgan fingerprint density at radius 2 is 2.14 bits per heavy atom. The normalized spacial score (nSPS) is 10.9. The monoisotopic (exact) mass is 297 g/mol. The molecule has 1 aromatic carbocycles. The molecule has 0 bridgehead atoms. The molecule has 0 spiro atoms. The van der Waals surface area contributed by atoms with Gasteiger partial charge in [-0.2, -0.15) is 8.78 Å². The SMILES string of the molecule is CCOc1cccc(CN)c1OCc1nccn1C(F)F. The van der Waals surface area contributed by atoms with Crippen molar-refractivity contribution < 1.29 is 18.3 Å². The van der Waals surface area contributed by atoms with Gasteiger partial charge in [0.15, 0.2) is 17.3 Å². The predicted octanol–water partition coefficient (Wildman–Crippen LogP) is 2.71. The maximum atomic E-state index is 12.8. The van der Waals surface area contributed by atoms with Gasteiger partial charge in [-0.05, 0) is 13.0 Å². The predicted molar refractivity (Wildman–Crippen MR) is 73.3 cm³/mol. The molecule has 0 aliphatic heterocycles. The van der Waals surface area contributed by atoms with E-state index >= 15 is 0 Å². The average molecular weight is 297 g/mol. The number of nitrogens with two attached hydrogens (primary N) is 1. The second-order valence-electron chi connectivity index (χ2n) is 4.20. The van der Waals surface area contributed by atoms with Crippen LogP contribution in [0.25, 0.3) is 0 Å². The van der Waals surface area contributed by atoms with Crippen molar-refractivity contribution >= 4 is 0 Å². The summed E-state index contributed by atoms with van der Waals surface area (Å²) in [7, 11) is 0. The molecule has 2 aromatic rings. The first kappa shape index (κ1) is 15.2. The number of rotatable bonds is 7. The molecule has 0 amide bonds. The zero-order valence-electron chi connectivity index (χ0n) is 11.6. The van der Waals surface area contributed by atoms with Crippen LogP contribution < -0.4 is 15.2 Å². The molecule has 0 atom stereocenters. The van der Waals surface area contributed by atoms with Crippen LogP contribution in [0.15, 0.2) is 30.6 Å².